The lowest BCUT2D eigenvalue weighted by Gasteiger charge is -2.35. The maximum atomic E-state index is 12.7. The third-order valence-electron chi connectivity index (χ3n) is 4.27. The molecular formula is C17H24N2O5. The number of para-hydroxylation sites is 1. The Morgan fingerprint density at radius 2 is 2.08 bits per heavy atom. The minimum absolute atomic E-state index is 0.0353. The van der Waals surface area contributed by atoms with Crippen LogP contribution in [0.4, 0.5) is 0 Å². The van der Waals surface area contributed by atoms with Crippen LogP contribution in [0.2, 0.25) is 0 Å². The van der Waals surface area contributed by atoms with Crippen LogP contribution in [-0.2, 0) is 4.74 Å². The van der Waals surface area contributed by atoms with E-state index in [4.69, 9.17) is 14.2 Å². The SMILES string of the molecule is CCOCC(O)CN1CCN(C(=O)c2cccc3c2OCO3)CC1. The Balaban J connectivity index is 1.53. The number of aliphatic hydroxyl groups is 1. The van der Waals surface area contributed by atoms with Crippen LogP contribution in [0.15, 0.2) is 18.2 Å². The molecule has 1 saturated heterocycles. The highest BCUT2D eigenvalue weighted by Crippen LogP contribution is 2.35. The molecule has 1 atom stereocenters. The lowest BCUT2D eigenvalue weighted by molar-refractivity contribution is 0.0111. The van der Waals surface area contributed by atoms with E-state index in [1.54, 1.807) is 18.2 Å². The van der Waals surface area contributed by atoms with Gasteiger partial charge in [-0.1, -0.05) is 6.07 Å². The van der Waals surface area contributed by atoms with Crippen LogP contribution in [0.25, 0.3) is 0 Å². The molecule has 2 aliphatic heterocycles. The van der Waals surface area contributed by atoms with E-state index in [-0.39, 0.29) is 12.7 Å². The normalized spacial score (nSPS) is 18.7. The van der Waals surface area contributed by atoms with E-state index in [9.17, 15) is 9.90 Å². The summed E-state index contributed by atoms with van der Waals surface area (Å²) in [6, 6.07) is 5.38. The van der Waals surface area contributed by atoms with Crippen LogP contribution in [0.3, 0.4) is 0 Å². The van der Waals surface area contributed by atoms with E-state index in [0.29, 0.717) is 49.9 Å². The number of benzene rings is 1. The smallest absolute Gasteiger partial charge is 0.257 e. The van der Waals surface area contributed by atoms with E-state index in [2.05, 4.69) is 4.90 Å². The summed E-state index contributed by atoms with van der Waals surface area (Å²) in [4.78, 5) is 16.7. The summed E-state index contributed by atoms with van der Waals surface area (Å²) in [6.07, 6.45) is -0.491. The van der Waals surface area contributed by atoms with Gasteiger partial charge in [0.2, 0.25) is 6.79 Å². The Labute approximate surface area is 141 Å². The Morgan fingerprint density at radius 1 is 1.29 bits per heavy atom. The number of fused-ring (bicyclic) bond motifs is 1. The van der Waals surface area contributed by atoms with Crippen molar-refractivity contribution in [2.45, 2.75) is 13.0 Å². The Kier molecular flexibility index (Phi) is 5.55. The largest absolute Gasteiger partial charge is 0.454 e. The average molecular weight is 336 g/mol. The molecule has 0 bridgehead atoms. The summed E-state index contributed by atoms with van der Waals surface area (Å²) in [5, 5.41) is 9.91. The van der Waals surface area contributed by atoms with Gasteiger partial charge in [-0.3, -0.25) is 9.69 Å². The summed E-state index contributed by atoms with van der Waals surface area (Å²) < 4.78 is 16.0. The number of carbonyl (C=O) groups excluding carboxylic acids is 1. The topological polar surface area (TPSA) is 71.5 Å². The van der Waals surface area contributed by atoms with E-state index in [1.807, 2.05) is 11.8 Å². The second-order valence-electron chi connectivity index (χ2n) is 5.95. The molecule has 1 amide bonds. The number of β-amino-alcohol motifs (C(OH)–C–C–N with tert-alkyl or cyclic N) is 1. The van der Waals surface area contributed by atoms with Gasteiger partial charge in [-0.2, -0.15) is 0 Å². The lowest BCUT2D eigenvalue weighted by atomic mass is 10.1. The molecule has 0 aromatic heterocycles. The predicted octanol–water partition coefficient (Wildman–Crippen LogP) is 0.571. The molecule has 2 heterocycles. The van der Waals surface area contributed by atoms with Gasteiger partial charge in [-0.05, 0) is 19.1 Å². The second-order valence-corrected chi connectivity index (χ2v) is 5.95. The van der Waals surface area contributed by atoms with Gasteiger partial charge in [-0.25, -0.2) is 0 Å². The molecular weight excluding hydrogens is 312 g/mol. The summed E-state index contributed by atoms with van der Waals surface area (Å²) in [5.41, 5.74) is 0.551. The zero-order valence-electron chi connectivity index (χ0n) is 13.9. The molecule has 1 aromatic rings. The molecule has 24 heavy (non-hydrogen) atoms. The average Bonchev–Trinajstić information content (AvgIpc) is 3.08. The number of carbonyl (C=O) groups is 1. The van der Waals surface area contributed by atoms with Crippen LogP contribution in [-0.4, -0.2) is 79.6 Å². The highest BCUT2D eigenvalue weighted by Gasteiger charge is 2.28. The summed E-state index contributed by atoms with van der Waals surface area (Å²) in [6.45, 7) is 6.32. The van der Waals surface area contributed by atoms with Gasteiger partial charge in [0, 0.05) is 39.3 Å². The maximum Gasteiger partial charge on any atom is 0.257 e. The van der Waals surface area contributed by atoms with Crippen LogP contribution in [0.1, 0.15) is 17.3 Å². The van der Waals surface area contributed by atoms with Gasteiger partial charge >= 0.3 is 0 Å². The van der Waals surface area contributed by atoms with E-state index in [0.717, 1.165) is 13.1 Å². The van der Waals surface area contributed by atoms with Gasteiger partial charge in [0.1, 0.15) is 0 Å². The van der Waals surface area contributed by atoms with Crippen molar-refractivity contribution in [3.63, 3.8) is 0 Å². The Bertz CT molecular complexity index is 572. The quantitative estimate of drug-likeness (QED) is 0.819. The molecule has 1 aromatic carbocycles. The van der Waals surface area contributed by atoms with E-state index in [1.165, 1.54) is 0 Å². The van der Waals surface area contributed by atoms with Gasteiger partial charge in [0.15, 0.2) is 11.5 Å². The van der Waals surface area contributed by atoms with E-state index < -0.39 is 6.10 Å². The van der Waals surface area contributed by atoms with Crippen molar-refractivity contribution in [3.05, 3.63) is 23.8 Å². The van der Waals surface area contributed by atoms with Crippen LogP contribution >= 0.6 is 0 Å². The molecule has 1 unspecified atom stereocenters. The van der Waals surface area contributed by atoms with Gasteiger partial charge in [0.25, 0.3) is 5.91 Å². The number of rotatable bonds is 6. The number of piperazine rings is 1. The molecule has 1 fully saturated rings. The van der Waals surface area contributed by atoms with Crippen LogP contribution in [0, 0.1) is 0 Å². The summed E-state index contributed by atoms with van der Waals surface area (Å²) in [7, 11) is 0. The number of amides is 1. The number of aliphatic hydroxyl groups excluding tert-OH is 1. The fraction of sp³-hybridized carbons (Fsp3) is 0.588. The van der Waals surface area contributed by atoms with Gasteiger partial charge < -0.3 is 24.2 Å². The monoisotopic (exact) mass is 336 g/mol. The lowest BCUT2D eigenvalue weighted by Crippen LogP contribution is -2.50. The molecule has 0 spiro atoms. The maximum absolute atomic E-state index is 12.7. The first-order valence-electron chi connectivity index (χ1n) is 8.35. The molecule has 0 radical (unpaired) electrons. The minimum Gasteiger partial charge on any atom is -0.454 e. The molecule has 2 aliphatic rings. The van der Waals surface area contributed by atoms with Crippen LogP contribution < -0.4 is 9.47 Å². The van der Waals surface area contributed by atoms with Crippen molar-refractivity contribution < 1.29 is 24.1 Å². The van der Waals surface area contributed by atoms with Crippen LogP contribution in [0.5, 0.6) is 11.5 Å². The Morgan fingerprint density at radius 3 is 2.83 bits per heavy atom. The van der Waals surface area contributed by atoms with Crippen molar-refractivity contribution >= 4 is 5.91 Å². The highest BCUT2D eigenvalue weighted by molar-refractivity contribution is 5.98. The molecule has 1 N–H and O–H groups in total. The zero-order valence-corrected chi connectivity index (χ0v) is 13.9. The molecule has 0 saturated carbocycles. The molecule has 132 valence electrons. The van der Waals surface area contributed by atoms with Gasteiger partial charge in [-0.15, -0.1) is 0 Å². The number of ether oxygens (including phenoxy) is 3. The number of nitrogens with zero attached hydrogens (tertiary/aromatic N) is 2. The molecule has 7 heteroatoms. The fourth-order valence-electron chi connectivity index (χ4n) is 3.01. The predicted molar refractivity (Wildman–Crippen MR) is 87.4 cm³/mol. The van der Waals surface area contributed by atoms with Crippen molar-refractivity contribution in [2.75, 3.05) is 52.7 Å². The first kappa shape index (κ1) is 17.0. The third-order valence-corrected chi connectivity index (χ3v) is 4.27. The minimum atomic E-state index is -0.491. The number of hydrogen-bond acceptors (Lipinski definition) is 6. The molecule has 7 nitrogen and oxygen atoms in total. The Hall–Kier alpha value is -1.83. The summed E-state index contributed by atoms with van der Waals surface area (Å²) >= 11 is 0. The van der Waals surface area contributed by atoms with Crippen molar-refractivity contribution in [1.82, 2.24) is 9.80 Å². The first-order valence-corrected chi connectivity index (χ1v) is 8.35. The van der Waals surface area contributed by atoms with Crippen molar-refractivity contribution in [1.29, 1.82) is 0 Å². The molecule has 0 aliphatic carbocycles. The standard InChI is InChI=1S/C17H24N2O5/c1-2-22-11-13(20)10-18-6-8-19(9-7-18)17(21)14-4-3-5-15-16(14)24-12-23-15/h3-5,13,20H,2,6-12H2,1H3. The third kappa shape index (κ3) is 3.80. The summed E-state index contributed by atoms with van der Waals surface area (Å²) in [5.74, 6) is 1.13. The van der Waals surface area contributed by atoms with Crippen molar-refractivity contribution in [2.24, 2.45) is 0 Å². The first-order chi connectivity index (χ1) is 11.7. The zero-order chi connectivity index (χ0) is 16.9. The van der Waals surface area contributed by atoms with Gasteiger partial charge in [0.05, 0.1) is 18.3 Å². The highest BCUT2D eigenvalue weighted by atomic mass is 16.7. The van der Waals surface area contributed by atoms with Crippen molar-refractivity contribution in [3.8, 4) is 11.5 Å². The van der Waals surface area contributed by atoms with E-state index >= 15 is 0 Å². The second kappa shape index (κ2) is 7.83. The molecule has 3 rings (SSSR count). The fourth-order valence-corrected chi connectivity index (χ4v) is 3.01. The number of hydrogen-bond donors (Lipinski definition) is 1.